The molecule has 8 aliphatic carbocycles. The molecule has 6 fully saturated rings. The Morgan fingerprint density at radius 3 is 2.15 bits per heavy atom. The normalized spacial score (nSPS) is 41.0. The van der Waals surface area contributed by atoms with Crippen molar-refractivity contribution in [2.24, 2.45) is 57.7 Å². The molecular weight excluding hydrogens is 819 g/mol. The number of terminal acetylenes is 1. The third-order valence-corrected chi connectivity index (χ3v) is 19.1. The number of aliphatic hydroxyl groups excluding tert-OH is 2. The molecule has 8 aliphatic rings. The molecule has 0 saturated heterocycles. The van der Waals surface area contributed by atoms with E-state index in [0.29, 0.717) is 54.3 Å². The van der Waals surface area contributed by atoms with Crippen LogP contribution in [0.15, 0.2) is 53.6 Å². The average molecular weight is 896 g/mol. The van der Waals surface area contributed by atoms with Crippen molar-refractivity contribution < 1.29 is 44.3 Å². The van der Waals surface area contributed by atoms with Gasteiger partial charge in [-0.3, -0.25) is 14.4 Å². The predicted molar refractivity (Wildman–Crippen MR) is 250 cm³/mol. The molecule has 10 nitrogen and oxygen atoms in total. The largest absolute Gasteiger partial charge is 0.454 e. The van der Waals surface area contributed by atoms with Gasteiger partial charge in [-0.25, -0.2) is 4.79 Å². The number of ketones is 3. The minimum absolute atomic E-state index is 0.0697. The number of aliphatic hydroxyl groups is 4. The maximum Gasteiger partial charge on any atom is 0.338 e. The van der Waals surface area contributed by atoms with Crippen LogP contribution >= 0.6 is 0 Å². The van der Waals surface area contributed by atoms with Gasteiger partial charge in [-0.1, -0.05) is 63.0 Å². The number of allylic oxidation sites excluding steroid dienone is 2. The summed E-state index contributed by atoms with van der Waals surface area (Å²) in [5, 5.41) is 42.6. The number of esters is 1. The fourth-order valence-electron chi connectivity index (χ4n) is 15.5. The van der Waals surface area contributed by atoms with Crippen LogP contribution in [0.1, 0.15) is 148 Å². The van der Waals surface area contributed by atoms with Crippen LogP contribution < -0.4 is 0 Å². The van der Waals surface area contributed by atoms with E-state index in [1.54, 1.807) is 18.2 Å². The van der Waals surface area contributed by atoms with E-state index in [0.717, 1.165) is 83.6 Å². The molecule has 0 aromatic heterocycles. The van der Waals surface area contributed by atoms with Crippen LogP contribution in [0.4, 0.5) is 0 Å². The van der Waals surface area contributed by atoms with E-state index in [1.165, 1.54) is 17.6 Å². The van der Waals surface area contributed by atoms with Crippen molar-refractivity contribution >= 4 is 23.3 Å². The second kappa shape index (κ2) is 18.6. The molecular formula is C55H77NO9. The maximum atomic E-state index is 12.4. The van der Waals surface area contributed by atoms with Crippen LogP contribution in [-0.2, 0) is 19.1 Å². The molecule has 1 aromatic carbocycles. The minimum atomic E-state index is -1.54. The average Bonchev–Trinajstić information content (AvgIpc) is 3.71. The Bertz CT molecular complexity index is 2090. The van der Waals surface area contributed by atoms with Gasteiger partial charge < -0.3 is 30.1 Å². The Kier molecular flexibility index (Phi) is 14.1. The molecule has 0 spiro atoms. The maximum absolute atomic E-state index is 12.4. The first kappa shape index (κ1) is 49.4. The van der Waals surface area contributed by atoms with Crippen LogP contribution in [0.3, 0.4) is 0 Å². The van der Waals surface area contributed by atoms with E-state index in [1.807, 2.05) is 64.0 Å². The quantitative estimate of drug-likeness (QED) is 0.157. The summed E-state index contributed by atoms with van der Waals surface area (Å²) in [5.74, 6) is 5.54. The Morgan fingerprint density at radius 1 is 0.831 bits per heavy atom. The van der Waals surface area contributed by atoms with E-state index in [2.05, 4.69) is 19.8 Å². The summed E-state index contributed by atoms with van der Waals surface area (Å²) in [6.07, 6.45) is 22.3. The molecule has 0 bridgehead atoms. The molecule has 4 N–H and O–H groups in total. The number of rotatable bonds is 7. The molecule has 1 unspecified atom stereocenters. The third-order valence-electron chi connectivity index (χ3n) is 19.1. The van der Waals surface area contributed by atoms with Crippen molar-refractivity contribution in [3.8, 4) is 12.3 Å². The lowest BCUT2D eigenvalue weighted by Crippen LogP contribution is -2.62. The first-order valence-corrected chi connectivity index (χ1v) is 24.8. The summed E-state index contributed by atoms with van der Waals surface area (Å²) in [4.78, 5) is 50.0. The monoisotopic (exact) mass is 896 g/mol. The van der Waals surface area contributed by atoms with E-state index in [4.69, 9.17) is 11.2 Å². The Morgan fingerprint density at radius 2 is 1.49 bits per heavy atom. The zero-order valence-electron chi connectivity index (χ0n) is 40.2. The highest BCUT2D eigenvalue weighted by Crippen LogP contribution is 2.68. The smallest absolute Gasteiger partial charge is 0.338 e. The van der Waals surface area contributed by atoms with Gasteiger partial charge in [0.2, 0.25) is 0 Å². The van der Waals surface area contributed by atoms with Crippen molar-refractivity contribution in [2.45, 2.75) is 160 Å². The summed E-state index contributed by atoms with van der Waals surface area (Å²) < 4.78 is 5.60. The number of Topliss-reactive ketones (excluding diaryl/α,β-unsaturated/α-hetero) is 1. The highest BCUT2D eigenvalue weighted by atomic mass is 16.6. The fraction of sp³-hybridized carbons (Fsp3) is 0.709. The van der Waals surface area contributed by atoms with E-state index in [9.17, 15) is 39.6 Å². The number of hydrogen-bond acceptors (Lipinski definition) is 10. The Labute approximate surface area is 388 Å². The molecule has 0 aliphatic heterocycles. The van der Waals surface area contributed by atoms with E-state index >= 15 is 0 Å². The van der Waals surface area contributed by atoms with Crippen LogP contribution in [0.5, 0.6) is 0 Å². The van der Waals surface area contributed by atoms with Gasteiger partial charge in [0.1, 0.15) is 23.4 Å². The third kappa shape index (κ3) is 8.69. The van der Waals surface area contributed by atoms with Gasteiger partial charge in [0.25, 0.3) is 0 Å². The number of carbonyl (C=O) groups excluding carboxylic acids is 4. The standard InChI is InChI=1S/C21H30O5.C20H26O2.C14H21NO2/c1-19-7-5-13(23)9-12(19)3-4-14-15-6-8-21(26,17(25)11-22)20(15,2)10-16(24)18(14)19;1-3-20(22)11-9-18-17-6-4-13-12-14(21)5-7-15(13)16(17)8-10-19(18,20)2;1-5-14(2,11-15(3)4)17-13(16)12-9-7-6-8-10-12/h9,14-16,18,22,24,26H,3-8,10-11H2,1-2H3;1,12,15-18,22H,4-11H2,2H3;6-10H,5,11H2,1-4H3/t14-,15-,16-,18+,19-,20-,21-;15-,16+,17+,18-,19-,20-;/m00./s1. The fourth-order valence-corrected chi connectivity index (χ4v) is 15.5. The van der Waals surface area contributed by atoms with Gasteiger partial charge in [-0.05, 0) is 182 Å². The molecule has 0 amide bonds. The molecule has 9 rings (SSSR count). The van der Waals surface area contributed by atoms with Crippen LogP contribution in [0.2, 0.25) is 0 Å². The summed E-state index contributed by atoms with van der Waals surface area (Å²) in [6, 6.07) is 9.11. The number of nitrogens with zero attached hydrogens (tertiary/aromatic N) is 1. The number of carbonyl (C=O) groups is 4. The van der Waals surface area contributed by atoms with Crippen molar-refractivity contribution in [1.82, 2.24) is 4.90 Å². The Hall–Kier alpha value is -3.46. The summed E-state index contributed by atoms with van der Waals surface area (Å²) in [7, 11) is 3.95. The van der Waals surface area contributed by atoms with Crippen molar-refractivity contribution in [1.29, 1.82) is 0 Å². The first-order valence-electron chi connectivity index (χ1n) is 24.8. The lowest BCUT2D eigenvalue weighted by atomic mass is 9.45. The molecule has 0 radical (unpaired) electrons. The van der Waals surface area contributed by atoms with Gasteiger partial charge in [0.15, 0.2) is 17.3 Å². The summed E-state index contributed by atoms with van der Waals surface area (Å²) >= 11 is 0. The number of benzene rings is 1. The molecule has 1 aromatic rings. The molecule has 356 valence electrons. The lowest BCUT2D eigenvalue weighted by molar-refractivity contribution is -0.182. The van der Waals surface area contributed by atoms with Gasteiger partial charge in [-0.2, -0.15) is 0 Å². The molecule has 6 saturated carbocycles. The SMILES string of the molecule is C#C[C@]1(O)CC[C@H]2[C@@H]3CCC4=CC(=O)CC[C@@H]4[C@H]3CC[C@@]21C.CCC(C)(CN(C)C)OC(=O)c1ccccc1.C[C@]12CCC(=O)C=C1CC[C@@H]1[C@@H]2[C@@H](O)C[C@@]2(C)[C@H]1CC[C@]2(O)C(=O)CO. The van der Waals surface area contributed by atoms with Crippen molar-refractivity contribution in [3.63, 3.8) is 0 Å². The zero-order chi connectivity index (χ0) is 47.3. The van der Waals surface area contributed by atoms with Gasteiger partial charge in [0, 0.05) is 30.2 Å². The molecule has 10 heteroatoms. The van der Waals surface area contributed by atoms with E-state index < -0.39 is 40.7 Å². The van der Waals surface area contributed by atoms with Crippen LogP contribution in [0, 0.1) is 70.0 Å². The van der Waals surface area contributed by atoms with Crippen LogP contribution in [-0.4, -0.2) is 98.8 Å². The van der Waals surface area contributed by atoms with Crippen LogP contribution in [0.25, 0.3) is 0 Å². The number of fused-ring (bicyclic) bond motifs is 10. The second-order valence-corrected chi connectivity index (χ2v) is 22.7. The second-order valence-electron chi connectivity index (χ2n) is 22.7. The molecule has 65 heavy (non-hydrogen) atoms. The molecule has 0 heterocycles. The highest BCUT2D eigenvalue weighted by molar-refractivity contribution is 5.92. The number of likely N-dealkylation sites (N-methyl/N-ethyl adjacent to an activating group) is 1. The summed E-state index contributed by atoms with van der Waals surface area (Å²) in [6.45, 7) is 10.4. The summed E-state index contributed by atoms with van der Waals surface area (Å²) in [5.41, 5.74) is -0.645. The van der Waals surface area contributed by atoms with Gasteiger partial charge in [0.05, 0.1) is 11.7 Å². The first-order chi connectivity index (χ1) is 30.6. The number of hydrogen-bond donors (Lipinski definition) is 4. The predicted octanol–water partition coefficient (Wildman–Crippen LogP) is 7.85. The Balaban J connectivity index is 0.000000149. The highest BCUT2D eigenvalue weighted by Gasteiger charge is 2.68. The molecule has 14 atom stereocenters. The number of ether oxygens (including phenoxy) is 1. The van der Waals surface area contributed by atoms with E-state index in [-0.39, 0.29) is 40.3 Å². The topological polar surface area (TPSA) is 162 Å². The van der Waals surface area contributed by atoms with Gasteiger partial charge in [-0.15, -0.1) is 6.42 Å². The van der Waals surface area contributed by atoms with Crippen molar-refractivity contribution in [2.75, 3.05) is 27.2 Å². The minimum Gasteiger partial charge on any atom is -0.454 e. The zero-order valence-corrected chi connectivity index (χ0v) is 40.2. The lowest BCUT2D eigenvalue weighted by Gasteiger charge is -2.60. The van der Waals surface area contributed by atoms with Crippen molar-refractivity contribution in [3.05, 3.63) is 59.2 Å². The van der Waals surface area contributed by atoms with Gasteiger partial charge >= 0.3 is 5.97 Å².